The summed E-state index contributed by atoms with van der Waals surface area (Å²) in [4.78, 5) is 12.6. The van der Waals surface area contributed by atoms with Gasteiger partial charge in [0.25, 0.3) is 0 Å². The number of benzene rings is 2. The highest BCUT2D eigenvalue weighted by atomic mass is 35.5. The Morgan fingerprint density at radius 3 is 2.37 bits per heavy atom. The van der Waals surface area contributed by atoms with Gasteiger partial charge < -0.3 is 14.0 Å². The lowest BCUT2D eigenvalue weighted by Gasteiger charge is -2.16. The largest absolute Gasteiger partial charge is 0.487 e. The molecule has 0 aliphatic heterocycles. The number of nitrogens with zero attached hydrogens (tertiary/aromatic N) is 1. The monoisotopic (exact) mass is 401 g/mol. The van der Waals surface area contributed by atoms with Gasteiger partial charge in [0.1, 0.15) is 12.4 Å². The Morgan fingerprint density at radius 2 is 1.70 bits per heavy atom. The van der Waals surface area contributed by atoms with E-state index >= 15 is 0 Å². The van der Waals surface area contributed by atoms with Gasteiger partial charge in [-0.2, -0.15) is 0 Å². The maximum atomic E-state index is 12.6. The molecule has 27 heavy (non-hydrogen) atoms. The molecule has 0 bridgehead atoms. The van der Waals surface area contributed by atoms with E-state index in [1.165, 1.54) is 0 Å². The SMILES string of the molecule is O=c1cc(COc2ccccc2)n(C2CC2)cc1Oc1c(Cl)cccc1Cl. The molecule has 1 saturated carbocycles. The normalized spacial score (nSPS) is 13.4. The minimum atomic E-state index is -0.241. The molecule has 4 rings (SSSR count). The molecule has 0 unspecified atom stereocenters. The predicted molar refractivity (Wildman–Crippen MR) is 106 cm³/mol. The molecule has 3 aromatic rings. The van der Waals surface area contributed by atoms with Crippen LogP contribution in [0.1, 0.15) is 24.6 Å². The quantitative estimate of drug-likeness (QED) is 0.519. The minimum absolute atomic E-state index is 0.195. The van der Waals surface area contributed by atoms with E-state index in [1.54, 1.807) is 30.5 Å². The first-order chi connectivity index (χ1) is 13.1. The Balaban J connectivity index is 1.63. The minimum Gasteiger partial charge on any atom is -0.487 e. The van der Waals surface area contributed by atoms with Crippen molar-refractivity contribution in [1.29, 1.82) is 0 Å². The summed E-state index contributed by atoms with van der Waals surface area (Å²) in [5.41, 5.74) is 0.568. The Bertz CT molecular complexity index is 993. The predicted octanol–water partition coefficient (Wildman–Crippen LogP) is 5.86. The number of aromatic nitrogens is 1. The summed E-state index contributed by atoms with van der Waals surface area (Å²) in [6.07, 6.45) is 3.85. The van der Waals surface area contributed by atoms with Gasteiger partial charge in [-0.15, -0.1) is 0 Å². The molecule has 1 aromatic heterocycles. The Morgan fingerprint density at radius 1 is 1.00 bits per heavy atom. The van der Waals surface area contributed by atoms with E-state index in [1.807, 2.05) is 34.9 Å². The Labute approximate surface area is 166 Å². The molecule has 0 radical (unpaired) electrons. The zero-order valence-corrected chi connectivity index (χ0v) is 15.9. The number of pyridine rings is 1. The number of halogens is 2. The maximum absolute atomic E-state index is 12.6. The van der Waals surface area contributed by atoms with Crippen molar-refractivity contribution in [3.63, 3.8) is 0 Å². The lowest BCUT2D eigenvalue weighted by Crippen LogP contribution is -2.15. The van der Waals surface area contributed by atoms with Crippen molar-refractivity contribution < 1.29 is 9.47 Å². The Kier molecular flexibility index (Phi) is 5.10. The van der Waals surface area contributed by atoms with Gasteiger partial charge in [-0.05, 0) is 37.1 Å². The molecule has 6 heteroatoms. The molecule has 1 fully saturated rings. The number of para-hydroxylation sites is 2. The molecule has 1 heterocycles. The zero-order chi connectivity index (χ0) is 18.8. The highest BCUT2D eigenvalue weighted by Gasteiger charge is 2.26. The summed E-state index contributed by atoms with van der Waals surface area (Å²) in [6, 6.07) is 16.5. The lowest BCUT2D eigenvalue weighted by atomic mass is 10.3. The van der Waals surface area contributed by atoms with Crippen molar-refractivity contribution >= 4 is 23.2 Å². The highest BCUT2D eigenvalue weighted by molar-refractivity contribution is 6.37. The van der Waals surface area contributed by atoms with Crippen LogP contribution < -0.4 is 14.9 Å². The van der Waals surface area contributed by atoms with E-state index in [4.69, 9.17) is 32.7 Å². The van der Waals surface area contributed by atoms with E-state index in [-0.39, 0.29) is 16.9 Å². The Hall–Kier alpha value is -2.43. The smallest absolute Gasteiger partial charge is 0.224 e. The van der Waals surface area contributed by atoms with Crippen LogP contribution in [0.15, 0.2) is 65.6 Å². The number of rotatable bonds is 6. The van der Waals surface area contributed by atoms with Gasteiger partial charge in [0.15, 0.2) is 11.5 Å². The summed E-state index contributed by atoms with van der Waals surface area (Å²) >= 11 is 12.3. The fourth-order valence-corrected chi connectivity index (χ4v) is 3.29. The third-order valence-corrected chi connectivity index (χ3v) is 4.92. The van der Waals surface area contributed by atoms with E-state index < -0.39 is 0 Å². The zero-order valence-electron chi connectivity index (χ0n) is 14.4. The first-order valence-corrected chi connectivity index (χ1v) is 9.42. The van der Waals surface area contributed by atoms with Crippen LogP contribution in [0.5, 0.6) is 17.2 Å². The van der Waals surface area contributed by atoms with E-state index in [9.17, 15) is 4.79 Å². The molecule has 0 spiro atoms. The number of hydrogen-bond acceptors (Lipinski definition) is 3. The van der Waals surface area contributed by atoms with Gasteiger partial charge in [-0.3, -0.25) is 4.79 Å². The molecule has 0 atom stereocenters. The average molecular weight is 402 g/mol. The van der Waals surface area contributed by atoms with Crippen LogP contribution in [0.3, 0.4) is 0 Å². The first kappa shape index (κ1) is 18.0. The number of hydrogen-bond donors (Lipinski definition) is 0. The molecule has 1 aliphatic carbocycles. The summed E-state index contributed by atoms with van der Waals surface area (Å²) in [6.45, 7) is 0.308. The van der Waals surface area contributed by atoms with E-state index in [0.717, 1.165) is 24.3 Å². The second kappa shape index (κ2) is 7.67. The van der Waals surface area contributed by atoms with Crippen molar-refractivity contribution in [2.75, 3.05) is 0 Å². The summed E-state index contributed by atoms with van der Waals surface area (Å²) < 4.78 is 13.6. The van der Waals surface area contributed by atoms with Gasteiger partial charge in [-0.25, -0.2) is 0 Å². The van der Waals surface area contributed by atoms with Crippen LogP contribution in [-0.4, -0.2) is 4.57 Å². The summed E-state index contributed by atoms with van der Waals surface area (Å²) in [5.74, 6) is 1.24. The van der Waals surface area contributed by atoms with E-state index in [0.29, 0.717) is 22.7 Å². The number of ether oxygens (including phenoxy) is 2. The van der Waals surface area contributed by atoms with Crippen molar-refractivity contribution in [2.45, 2.75) is 25.5 Å². The average Bonchev–Trinajstić information content (AvgIpc) is 3.50. The molecular weight excluding hydrogens is 385 g/mol. The molecule has 1 aliphatic rings. The second-order valence-corrected chi connectivity index (χ2v) is 7.20. The summed E-state index contributed by atoms with van der Waals surface area (Å²) in [7, 11) is 0. The van der Waals surface area contributed by atoms with Gasteiger partial charge in [0.2, 0.25) is 5.43 Å². The first-order valence-electron chi connectivity index (χ1n) is 8.66. The van der Waals surface area contributed by atoms with Crippen molar-refractivity contribution in [3.05, 3.63) is 86.8 Å². The molecule has 0 saturated heterocycles. The second-order valence-electron chi connectivity index (χ2n) is 6.39. The molecule has 2 aromatic carbocycles. The molecule has 0 amide bonds. The van der Waals surface area contributed by atoms with Crippen LogP contribution in [0.4, 0.5) is 0 Å². The molecule has 0 N–H and O–H groups in total. The van der Waals surface area contributed by atoms with Crippen LogP contribution in [0.25, 0.3) is 0 Å². The van der Waals surface area contributed by atoms with Gasteiger partial charge in [0, 0.05) is 12.1 Å². The van der Waals surface area contributed by atoms with Crippen LogP contribution in [0, 0.1) is 0 Å². The van der Waals surface area contributed by atoms with Crippen molar-refractivity contribution in [1.82, 2.24) is 4.57 Å². The standard InChI is InChI=1S/C21H17Cl2NO3/c22-17-7-4-8-18(23)21(17)27-20-12-24(14-9-10-14)15(11-19(20)25)13-26-16-5-2-1-3-6-16/h1-8,11-12,14H,9-10,13H2. The van der Waals surface area contributed by atoms with Gasteiger partial charge in [0.05, 0.1) is 21.9 Å². The van der Waals surface area contributed by atoms with Crippen LogP contribution >= 0.6 is 23.2 Å². The molecule has 4 nitrogen and oxygen atoms in total. The third-order valence-electron chi connectivity index (χ3n) is 4.33. The highest BCUT2D eigenvalue weighted by Crippen LogP contribution is 2.38. The summed E-state index contributed by atoms with van der Waals surface area (Å²) in [5, 5.41) is 0.715. The van der Waals surface area contributed by atoms with Crippen LogP contribution in [0.2, 0.25) is 10.0 Å². The topological polar surface area (TPSA) is 40.5 Å². The van der Waals surface area contributed by atoms with Crippen molar-refractivity contribution in [2.24, 2.45) is 0 Å². The molecule has 138 valence electrons. The van der Waals surface area contributed by atoms with E-state index in [2.05, 4.69) is 0 Å². The van der Waals surface area contributed by atoms with Crippen LogP contribution in [-0.2, 0) is 6.61 Å². The van der Waals surface area contributed by atoms with Gasteiger partial charge >= 0.3 is 0 Å². The van der Waals surface area contributed by atoms with Crippen molar-refractivity contribution in [3.8, 4) is 17.2 Å². The van der Waals surface area contributed by atoms with Gasteiger partial charge in [-0.1, -0.05) is 47.5 Å². The fourth-order valence-electron chi connectivity index (χ4n) is 2.82. The lowest BCUT2D eigenvalue weighted by molar-refractivity contribution is 0.292. The molecular formula is C21H17Cl2NO3. The third kappa shape index (κ3) is 4.12. The fraction of sp³-hybridized carbons (Fsp3) is 0.190. The maximum Gasteiger partial charge on any atom is 0.224 e.